The molecule has 0 aliphatic heterocycles. The van der Waals surface area contributed by atoms with Gasteiger partial charge in [-0.25, -0.2) is 4.68 Å². The van der Waals surface area contributed by atoms with Crippen molar-refractivity contribution in [2.75, 3.05) is 5.32 Å². The molecule has 1 aliphatic carbocycles. The second-order valence-corrected chi connectivity index (χ2v) is 5.26. The first-order chi connectivity index (χ1) is 9.72. The van der Waals surface area contributed by atoms with Crippen molar-refractivity contribution >= 4 is 24.0 Å². The zero-order valence-corrected chi connectivity index (χ0v) is 12.4. The van der Waals surface area contributed by atoms with Crippen LogP contribution in [0.2, 0.25) is 0 Å². The van der Waals surface area contributed by atoms with Crippen LogP contribution in [0, 0.1) is 5.92 Å². The molecule has 2 atom stereocenters. The molecular formula is C15H19ClN4O. The minimum atomic E-state index is 0. The van der Waals surface area contributed by atoms with Crippen LogP contribution >= 0.6 is 12.4 Å². The van der Waals surface area contributed by atoms with Gasteiger partial charge in [0.1, 0.15) is 0 Å². The van der Waals surface area contributed by atoms with E-state index in [0.29, 0.717) is 0 Å². The highest BCUT2D eigenvalue weighted by Gasteiger charge is 2.27. The normalized spacial score (nSPS) is 20.8. The smallest absolute Gasteiger partial charge is 0.227 e. The third-order valence-electron chi connectivity index (χ3n) is 3.75. The number of rotatable bonds is 3. The Balaban J connectivity index is 0.00000161. The van der Waals surface area contributed by atoms with Crippen molar-refractivity contribution in [3.05, 3.63) is 42.7 Å². The molecule has 1 saturated carbocycles. The van der Waals surface area contributed by atoms with Gasteiger partial charge in [0.25, 0.3) is 0 Å². The molecular weight excluding hydrogens is 288 g/mol. The summed E-state index contributed by atoms with van der Waals surface area (Å²) in [6.45, 7) is 0. The lowest BCUT2D eigenvalue weighted by molar-refractivity contribution is -0.119. The van der Waals surface area contributed by atoms with Crippen molar-refractivity contribution in [3.8, 4) is 5.69 Å². The van der Waals surface area contributed by atoms with Gasteiger partial charge in [-0.15, -0.1) is 12.4 Å². The highest BCUT2D eigenvalue weighted by Crippen LogP contribution is 2.25. The number of anilines is 1. The maximum Gasteiger partial charge on any atom is 0.227 e. The van der Waals surface area contributed by atoms with Gasteiger partial charge in [0, 0.05) is 30.0 Å². The van der Waals surface area contributed by atoms with Crippen LogP contribution < -0.4 is 11.1 Å². The fraction of sp³-hybridized carbons (Fsp3) is 0.333. The summed E-state index contributed by atoms with van der Waals surface area (Å²) in [4.78, 5) is 12.1. The number of nitrogens with zero attached hydrogens (tertiary/aromatic N) is 2. The largest absolute Gasteiger partial charge is 0.328 e. The van der Waals surface area contributed by atoms with Crippen LogP contribution in [-0.2, 0) is 4.79 Å². The number of amides is 1. The molecule has 3 N–H and O–H groups in total. The maximum absolute atomic E-state index is 12.1. The van der Waals surface area contributed by atoms with Crippen LogP contribution in [-0.4, -0.2) is 21.7 Å². The highest BCUT2D eigenvalue weighted by atomic mass is 35.5. The standard InChI is InChI=1S/C15H18N4O.ClH/c16-12-3-2-11(10-12)15(20)18-13-4-6-14(7-5-13)19-9-1-8-17-19;/h1,4-9,11-12H,2-3,10,16H2,(H,18,20);1H. The number of aromatic nitrogens is 2. The minimum absolute atomic E-state index is 0. The van der Waals surface area contributed by atoms with Gasteiger partial charge in [-0.05, 0) is 49.6 Å². The number of nitrogens with one attached hydrogen (secondary N) is 1. The summed E-state index contributed by atoms with van der Waals surface area (Å²) in [5.41, 5.74) is 7.62. The monoisotopic (exact) mass is 306 g/mol. The summed E-state index contributed by atoms with van der Waals surface area (Å²) in [5.74, 6) is 0.126. The topological polar surface area (TPSA) is 72.9 Å². The Morgan fingerprint density at radius 1 is 1.29 bits per heavy atom. The molecule has 3 rings (SSSR count). The van der Waals surface area contributed by atoms with Crippen LogP contribution in [0.5, 0.6) is 0 Å². The molecule has 5 nitrogen and oxygen atoms in total. The van der Waals surface area contributed by atoms with Gasteiger partial charge in [0.2, 0.25) is 5.91 Å². The first-order valence-electron chi connectivity index (χ1n) is 6.89. The van der Waals surface area contributed by atoms with Crippen molar-refractivity contribution < 1.29 is 4.79 Å². The van der Waals surface area contributed by atoms with Crippen LogP contribution in [0.15, 0.2) is 42.7 Å². The Morgan fingerprint density at radius 3 is 2.62 bits per heavy atom. The first-order valence-corrected chi connectivity index (χ1v) is 6.89. The summed E-state index contributed by atoms with van der Waals surface area (Å²) in [5, 5.41) is 7.12. The van der Waals surface area contributed by atoms with Crippen LogP contribution in [0.25, 0.3) is 5.69 Å². The van der Waals surface area contributed by atoms with E-state index >= 15 is 0 Å². The van der Waals surface area contributed by atoms with Crippen LogP contribution in [0.4, 0.5) is 5.69 Å². The quantitative estimate of drug-likeness (QED) is 0.914. The van der Waals surface area contributed by atoms with Gasteiger partial charge >= 0.3 is 0 Å². The molecule has 0 bridgehead atoms. The Morgan fingerprint density at radius 2 is 2.05 bits per heavy atom. The highest BCUT2D eigenvalue weighted by molar-refractivity contribution is 5.92. The maximum atomic E-state index is 12.1. The minimum Gasteiger partial charge on any atom is -0.328 e. The van der Waals surface area contributed by atoms with E-state index in [-0.39, 0.29) is 30.3 Å². The van der Waals surface area contributed by atoms with E-state index < -0.39 is 0 Å². The van der Waals surface area contributed by atoms with E-state index in [4.69, 9.17) is 5.73 Å². The second-order valence-electron chi connectivity index (χ2n) is 5.26. The Bertz CT molecular complexity index is 582. The van der Waals surface area contributed by atoms with Crippen molar-refractivity contribution in [1.29, 1.82) is 0 Å². The van der Waals surface area contributed by atoms with Gasteiger partial charge in [-0.1, -0.05) is 0 Å². The molecule has 1 fully saturated rings. The molecule has 112 valence electrons. The Kier molecular flexibility index (Phi) is 4.98. The fourth-order valence-corrected chi connectivity index (χ4v) is 2.62. The lowest BCUT2D eigenvalue weighted by Gasteiger charge is -2.11. The number of benzene rings is 1. The molecule has 0 spiro atoms. The molecule has 2 unspecified atom stereocenters. The zero-order chi connectivity index (χ0) is 13.9. The van der Waals surface area contributed by atoms with Gasteiger partial charge in [0.05, 0.1) is 5.69 Å². The van der Waals surface area contributed by atoms with E-state index in [1.165, 1.54) is 0 Å². The molecule has 6 heteroatoms. The average molecular weight is 307 g/mol. The average Bonchev–Trinajstić information content (AvgIpc) is 3.10. The molecule has 1 aromatic heterocycles. The van der Waals surface area contributed by atoms with E-state index in [1.54, 1.807) is 10.9 Å². The third kappa shape index (κ3) is 3.62. The Labute approximate surface area is 129 Å². The molecule has 1 aliphatic rings. The van der Waals surface area contributed by atoms with Gasteiger partial charge in [0.15, 0.2) is 0 Å². The van der Waals surface area contributed by atoms with E-state index in [9.17, 15) is 4.79 Å². The molecule has 2 aromatic rings. The SMILES string of the molecule is Cl.NC1CCC(C(=O)Nc2ccc(-n3cccn3)cc2)C1. The predicted molar refractivity (Wildman–Crippen MR) is 84.8 cm³/mol. The van der Waals surface area contributed by atoms with Crippen LogP contribution in [0.1, 0.15) is 19.3 Å². The predicted octanol–water partition coefficient (Wildman–Crippen LogP) is 2.36. The zero-order valence-electron chi connectivity index (χ0n) is 11.6. The summed E-state index contributed by atoms with van der Waals surface area (Å²) in [7, 11) is 0. The number of hydrogen-bond donors (Lipinski definition) is 2. The molecule has 21 heavy (non-hydrogen) atoms. The van der Waals surface area contributed by atoms with Crippen molar-refractivity contribution in [2.45, 2.75) is 25.3 Å². The van der Waals surface area contributed by atoms with Crippen molar-refractivity contribution in [3.63, 3.8) is 0 Å². The second kappa shape index (κ2) is 6.74. The van der Waals surface area contributed by atoms with Gasteiger partial charge < -0.3 is 11.1 Å². The summed E-state index contributed by atoms with van der Waals surface area (Å²) in [6.07, 6.45) is 6.23. The van der Waals surface area contributed by atoms with Crippen molar-refractivity contribution in [1.82, 2.24) is 9.78 Å². The summed E-state index contributed by atoms with van der Waals surface area (Å²) < 4.78 is 1.78. The molecule has 0 saturated heterocycles. The van der Waals surface area contributed by atoms with E-state index in [0.717, 1.165) is 30.6 Å². The molecule has 1 aromatic carbocycles. The summed E-state index contributed by atoms with van der Waals surface area (Å²) >= 11 is 0. The third-order valence-corrected chi connectivity index (χ3v) is 3.75. The number of nitrogens with two attached hydrogens (primary N) is 1. The lowest BCUT2D eigenvalue weighted by Crippen LogP contribution is -2.23. The summed E-state index contributed by atoms with van der Waals surface area (Å²) in [6, 6.07) is 9.70. The molecule has 1 heterocycles. The lowest BCUT2D eigenvalue weighted by atomic mass is 10.1. The number of carbonyl (C=O) groups excluding carboxylic acids is 1. The van der Waals surface area contributed by atoms with Gasteiger partial charge in [-0.3, -0.25) is 4.79 Å². The molecule has 1 amide bonds. The Hall–Kier alpha value is -1.85. The first kappa shape index (κ1) is 15.5. The number of carbonyl (C=O) groups is 1. The van der Waals surface area contributed by atoms with Gasteiger partial charge in [-0.2, -0.15) is 5.10 Å². The fourth-order valence-electron chi connectivity index (χ4n) is 2.62. The van der Waals surface area contributed by atoms with Crippen molar-refractivity contribution in [2.24, 2.45) is 11.7 Å². The van der Waals surface area contributed by atoms with E-state index in [2.05, 4.69) is 10.4 Å². The van der Waals surface area contributed by atoms with E-state index in [1.807, 2.05) is 36.5 Å². The number of halogens is 1. The molecule has 0 radical (unpaired) electrons. The number of hydrogen-bond acceptors (Lipinski definition) is 3. The van der Waals surface area contributed by atoms with Crippen LogP contribution in [0.3, 0.4) is 0 Å².